The first kappa shape index (κ1) is 13.6. The molecule has 1 aromatic carbocycles. The van der Waals surface area contributed by atoms with Gasteiger partial charge in [0.1, 0.15) is 11.6 Å². The minimum absolute atomic E-state index is 0.212. The number of aromatic nitrogens is 2. The number of hydrogen-bond donors (Lipinski definition) is 1. The molecule has 0 saturated heterocycles. The number of nitrogens with zero attached hydrogens (tertiary/aromatic N) is 2. The van der Waals surface area contributed by atoms with Gasteiger partial charge in [0.25, 0.3) is 0 Å². The van der Waals surface area contributed by atoms with E-state index in [0.29, 0.717) is 12.0 Å². The first-order valence-electron chi connectivity index (χ1n) is 7.60. The van der Waals surface area contributed by atoms with Gasteiger partial charge in [-0.15, -0.1) is 0 Å². The SMILES string of the molecule is CCCn1c(C2CCC(N)CC2)nc2cc(F)ccc21. The van der Waals surface area contributed by atoms with E-state index in [1.54, 1.807) is 6.07 Å². The van der Waals surface area contributed by atoms with E-state index in [1.165, 1.54) is 6.07 Å². The van der Waals surface area contributed by atoms with Crippen molar-refractivity contribution < 1.29 is 4.39 Å². The van der Waals surface area contributed by atoms with Crippen molar-refractivity contribution in [2.45, 2.75) is 57.5 Å². The highest BCUT2D eigenvalue weighted by atomic mass is 19.1. The van der Waals surface area contributed by atoms with Crippen molar-refractivity contribution in [1.82, 2.24) is 9.55 Å². The van der Waals surface area contributed by atoms with Gasteiger partial charge in [-0.05, 0) is 44.2 Å². The Kier molecular flexibility index (Phi) is 3.74. The van der Waals surface area contributed by atoms with Crippen molar-refractivity contribution in [2.24, 2.45) is 5.73 Å². The van der Waals surface area contributed by atoms with E-state index in [1.807, 2.05) is 6.07 Å². The van der Waals surface area contributed by atoms with E-state index in [0.717, 1.165) is 55.5 Å². The van der Waals surface area contributed by atoms with Crippen LogP contribution in [0, 0.1) is 5.82 Å². The Morgan fingerprint density at radius 3 is 2.75 bits per heavy atom. The molecule has 0 radical (unpaired) electrons. The van der Waals surface area contributed by atoms with Gasteiger partial charge in [-0.2, -0.15) is 0 Å². The second-order valence-corrected chi connectivity index (χ2v) is 5.87. The van der Waals surface area contributed by atoms with Gasteiger partial charge < -0.3 is 10.3 Å². The van der Waals surface area contributed by atoms with Gasteiger partial charge in [0.05, 0.1) is 11.0 Å². The Hall–Kier alpha value is -1.42. The summed E-state index contributed by atoms with van der Waals surface area (Å²) in [7, 11) is 0. The second-order valence-electron chi connectivity index (χ2n) is 5.87. The molecule has 1 aliphatic rings. The molecular weight excluding hydrogens is 253 g/mol. The first-order chi connectivity index (χ1) is 9.69. The Balaban J connectivity index is 2.02. The number of halogens is 1. The lowest BCUT2D eigenvalue weighted by Crippen LogP contribution is -2.26. The topological polar surface area (TPSA) is 43.8 Å². The average molecular weight is 275 g/mol. The molecule has 1 saturated carbocycles. The highest BCUT2D eigenvalue weighted by Gasteiger charge is 2.25. The van der Waals surface area contributed by atoms with Crippen LogP contribution >= 0.6 is 0 Å². The number of fused-ring (bicyclic) bond motifs is 1. The summed E-state index contributed by atoms with van der Waals surface area (Å²) >= 11 is 0. The summed E-state index contributed by atoms with van der Waals surface area (Å²) in [5.74, 6) is 1.38. The molecule has 1 aromatic heterocycles. The molecule has 2 aromatic rings. The van der Waals surface area contributed by atoms with E-state index < -0.39 is 0 Å². The molecule has 20 heavy (non-hydrogen) atoms. The van der Waals surface area contributed by atoms with Crippen LogP contribution in [0.15, 0.2) is 18.2 Å². The van der Waals surface area contributed by atoms with Crippen LogP contribution in [0.2, 0.25) is 0 Å². The zero-order valence-electron chi connectivity index (χ0n) is 12.0. The third kappa shape index (κ3) is 2.44. The lowest BCUT2D eigenvalue weighted by Gasteiger charge is -2.26. The molecule has 0 bridgehead atoms. The van der Waals surface area contributed by atoms with Crippen molar-refractivity contribution in [3.63, 3.8) is 0 Å². The summed E-state index contributed by atoms with van der Waals surface area (Å²) in [5, 5.41) is 0. The van der Waals surface area contributed by atoms with Crippen LogP contribution in [0.5, 0.6) is 0 Å². The fraction of sp³-hybridized carbons (Fsp3) is 0.562. The van der Waals surface area contributed by atoms with Gasteiger partial charge >= 0.3 is 0 Å². The Bertz CT molecular complexity index is 597. The monoisotopic (exact) mass is 275 g/mol. The maximum atomic E-state index is 13.4. The third-order valence-electron chi connectivity index (χ3n) is 4.32. The van der Waals surface area contributed by atoms with E-state index >= 15 is 0 Å². The van der Waals surface area contributed by atoms with E-state index in [4.69, 9.17) is 10.7 Å². The second kappa shape index (κ2) is 5.52. The van der Waals surface area contributed by atoms with Crippen molar-refractivity contribution in [3.05, 3.63) is 29.8 Å². The van der Waals surface area contributed by atoms with Crippen molar-refractivity contribution in [2.75, 3.05) is 0 Å². The summed E-state index contributed by atoms with van der Waals surface area (Å²) in [6.07, 6.45) is 5.37. The van der Waals surface area contributed by atoms with Gasteiger partial charge in [-0.25, -0.2) is 9.37 Å². The van der Waals surface area contributed by atoms with Crippen LogP contribution in [0.3, 0.4) is 0 Å². The Labute approximate surface area is 119 Å². The number of hydrogen-bond acceptors (Lipinski definition) is 2. The summed E-state index contributed by atoms with van der Waals surface area (Å²) in [4.78, 5) is 4.72. The summed E-state index contributed by atoms with van der Waals surface area (Å²) < 4.78 is 15.7. The number of aryl methyl sites for hydroxylation is 1. The summed E-state index contributed by atoms with van der Waals surface area (Å²) in [6, 6.07) is 5.26. The number of rotatable bonds is 3. The first-order valence-corrected chi connectivity index (χ1v) is 7.60. The lowest BCUT2D eigenvalue weighted by atomic mass is 9.86. The molecule has 2 N–H and O–H groups in total. The van der Waals surface area contributed by atoms with Gasteiger partial charge in [0, 0.05) is 24.6 Å². The van der Waals surface area contributed by atoms with Crippen LogP contribution in [-0.2, 0) is 6.54 Å². The van der Waals surface area contributed by atoms with Crippen molar-refractivity contribution in [3.8, 4) is 0 Å². The van der Waals surface area contributed by atoms with E-state index in [2.05, 4.69) is 11.5 Å². The molecule has 3 rings (SSSR count). The molecule has 0 aliphatic heterocycles. The largest absolute Gasteiger partial charge is 0.328 e. The molecule has 1 heterocycles. The predicted octanol–water partition coefficient (Wildman–Crippen LogP) is 3.57. The fourth-order valence-corrected chi connectivity index (χ4v) is 3.27. The molecule has 3 nitrogen and oxygen atoms in total. The molecule has 108 valence electrons. The van der Waals surface area contributed by atoms with Crippen molar-refractivity contribution >= 4 is 11.0 Å². The Morgan fingerprint density at radius 2 is 2.05 bits per heavy atom. The molecule has 1 fully saturated rings. The predicted molar refractivity (Wildman–Crippen MR) is 79.2 cm³/mol. The normalized spacial score (nSPS) is 23.4. The van der Waals surface area contributed by atoms with Gasteiger partial charge in [0.15, 0.2) is 0 Å². The van der Waals surface area contributed by atoms with E-state index in [-0.39, 0.29) is 5.82 Å². The molecule has 4 heteroatoms. The van der Waals surface area contributed by atoms with Gasteiger partial charge in [0.2, 0.25) is 0 Å². The number of imidazole rings is 1. The summed E-state index contributed by atoms with van der Waals surface area (Å²) in [6.45, 7) is 3.11. The zero-order valence-corrected chi connectivity index (χ0v) is 12.0. The molecule has 0 unspecified atom stereocenters. The summed E-state index contributed by atoms with van der Waals surface area (Å²) in [5.41, 5.74) is 7.82. The van der Waals surface area contributed by atoms with Crippen LogP contribution in [0.25, 0.3) is 11.0 Å². The molecule has 1 aliphatic carbocycles. The third-order valence-corrected chi connectivity index (χ3v) is 4.32. The maximum absolute atomic E-state index is 13.4. The Morgan fingerprint density at radius 1 is 1.30 bits per heavy atom. The average Bonchev–Trinajstić information content (AvgIpc) is 2.78. The fourth-order valence-electron chi connectivity index (χ4n) is 3.27. The minimum atomic E-state index is -0.212. The number of nitrogens with two attached hydrogens (primary N) is 1. The zero-order chi connectivity index (χ0) is 14.1. The van der Waals surface area contributed by atoms with Crippen molar-refractivity contribution in [1.29, 1.82) is 0 Å². The molecular formula is C16H22FN3. The highest BCUT2D eigenvalue weighted by molar-refractivity contribution is 5.76. The maximum Gasteiger partial charge on any atom is 0.125 e. The molecule has 0 atom stereocenters. The molecule has 0 amide bonds. The quantitative estimate of drug-likeness (QED) is 0.930. The van der Waals surface area contributed by atoms with Crippen LogP contribution < -0.4 is 5.73 Å². The number of benzene rings is 1. The smallest absolute Gasteiger partial charge is 0.125 e. The minimum Gasteiger partial charge on any atom is -0.328 e. The van der Waals surface area contributed by atoms with Gasteiger partial charge in [-0.1, -0.05) is 6.92 Å². The molecule has 0 spiro atoms. The van der Waals surface area contributed by atoms with Crippen LogP contribution in [0.4, 0.5) is 4.39 Å². The van der Waals surface area contributed by atoms with E-state index in [9.17, 15) is 4.39 Å². The van der Waals surface area contributed by atoms with Crippen LogP contribution in [0.1, 0.15) is 50.8 Å². The van der Waals surface area contributed by atoms with Crippen LogP contribution in [-0.4, -0.2) is 15.6 Å². The lowest BCUT2D eigenvalue weighted by molar-refractivity contribution is 0.376. The highest BCUT2D eigenvalue weighted by Crippen LogP contribution is 2.33. The van der Waals surface area contributed by atoms with Gasteiger partial charge in [-0.3, -0.25) is 0 Å². The standard InChI is InChI=1S/C16H22FN3/c1-2-9-20-15-8-5-12(17)10-14(15)19-16(20)11-3-6-13(18)7-4-11/h5,8,10-11,13H,2-4,6-7,9,18H2,1H3.